The van der Waals surface area contributed by atoms with Crippen molar-refractivity contribution in [3.8, 4) is 0 Å². The van der Waals surface area contributed by atoms with Crippen molar-refractivity contribution in [1.82, 2.24) is 20.1 Å². The molecule has 4 bridgehead atoms. The van der Waals surface area contributed by atoms with E-state index in [0.717, 1.165) is 64.6 Å². The summed E-state index contributed by atoms with van der Waals surface area (Å²) in [6, 6.07) is 15.6. The number of aryl methyl sites for hydroxylation is 1. The number of anilines is 1. The molecule has 1 saturated heterocycles. The molecule has 3 aromatic rings. The first-order valence-corrected chi connectivity index (χ1v) is 16.1. The summed E-state index contributed by atoms with van der Waals surface area (Å²) in [5, 5.41) is 24.9. The van der Waals surface area contributed by atoms with Crippen molar-refractivity contribution in [1.29, 1.82) is 0 Å². The largest absolute Gasteiger partial charge is 0.392 e. The van der Waals surface area contributed by atoms with Gasteiger partial charge in [-0.3, -0.25) is 0 Å². The summed E-state index contributed by atoms with van der Waals surface area (Å²) in [5.74, 6) is 3.06. The molecule has 1 aromatic heterocycles. The van der Waals surface area contributed by atoms with Crippen molar-refractivity contribution in [2.45, 2.75) is 80.7 Å². The second-order valence-electron chi connectivity index (χ2n) is 12.8. The summed E-state index contributed by atoms with van der Waals surface area (Å²) >= 11 is 1.61. The van der Waals surface area contributed by atoms with E-state index in [1.165, 1.54) is 19.3 Å². The van der Waals surface area contributed by atoms with Crippen LogP contribution in [0.15, 0.2) is 60.0 Å². The second kappa shape index (κ2) is 11.6. The lowest BCUT2D eigenvalue weighted by Gasteiger charge is -2.56. The van der Waals surface area contributed by atoms with Crippen molar-refractivity contribution in [2.24, 2.45) is 24.8 Å². The Labute approximate surface area is 250 Å². The smallest absolute Gasteiger partial charge is 0.319 e. The maximum absolute atomic E-state index is 13.1. The summed E-state index contributed by atoms with van der Waals surface area (Å²) < 4.78 is 14.8. The highest BCUT2D eigenvalue weighted by Crippen LogP contribution is 2.55. The van der Waals surface area contributed by atoms with Crippen molar-refractivity contribution in [3.63, 3.8) is 0 Å². The fourth-order valence-electron chi connectivity index (χ4n) is 7.98. The number of aliphatic hydroxyl groups excluding tert-OH is 1. The summed E-state index contributed by atoms with van der Waals surface area (Å²) in [4.78, 5) is 13.1. The number of carbonyl (C=O) groups is 1. The van der Waals surface area contributed by atoms with Crippen LogP contribution in [0.1, 0.15) is 74.0 Å². The number of hydrogen-bond donors (Lipinski definition) is 3. The molecule has 222 valence electrons. The Bertz CT molecular complexity index is 1360. The third kappa shape index (κ3) is 5.95. The predicted octanol–water partition coefficient (Wildman–Crippen LogP) is 5.74. The van der Waals surface area contributed by atoms with Gasteiger partial charge < -0.3 is 29.8 Å². The summed E-state index contributed by atoms with van der Waals surface area (Å²) in [7, 11) is 1.93. The van der Waals surface area contributed by atoms with Crippen molar-refractivity contribution >= 4 is 23.5 Å². The van der Waals surface area contributed by atoms with Crippen molar-refractivity contribution in [3.05, 3.63) is 71.5 Å². The maximum Gasteiger partial charge on any atom is 0.319 e. The zero-order chi connectivity index (χ0) is 28.7. The van der Waals surface area contributed by atoms with E-state index >= 15 is 0 Å². The Balaban J connectivity index is 1.02. The molecule has 2 amide bonds. The van der Waals surface area contributed by atoms with Crippen LogP contribution in [0.5, 0.6) is 0 Å². The molecule has 5 aliphatic rings. The molecule has 3 atom stereocenters. The quantitative estimate of drug-likeness (QED) is 0.288. The Morgan fingerprint density at radius 1 is 0.976 bits per heavy atom. The molecule has 8 rings (SSSR count). The average molecular weight is 590 g/mol. The summed E-state index contributed by atoms with van der Waals surface area (Å²) in [5.41, 5.74) is 3.54. The standard InChI is InChI=1S/C32H39N5O4S/c1-37-19-33-36-31(37)42-18-27-13-28(24-4-2-20(17-38)3-5-24)41-29(40-27)25-6-8-26(9-7-25)34-30(39)35-32-14-21-10-22(15-32)12-23(11-21)16-32/h2-9,19,21-23,27-29,38H,10-18H2,1H3,(H2,34,35,39). The van der Waals surface area contributed by atoms with Gasteiger partial charge in [0.05, 0.1) is 18.8 Å². The highest BCUT2D eigenvalue weighted by molar-refractivity contribution is 7.99. The third-order valence-electron chi connectivity index (χ3n) is 9.54. The van der Waals surface area contributed by atoms with E-state index in [0.29, 0.717) is 12.2 Å². The molecule has 4 saturated carbocycles. The van der Waals surface area contributed by atoms with Gasteiger partial charge in [-0.2, -0.15) is 0 Å². The van der Waals surface area contributed by atoms with Gasteiger partial charge in [-0.05, 0) is 79.5 Å². The molecule has 2 heterocycles. The second-order valence-corrected chi connectivity index (χ2v) is 13.8. The first-order chi connectivity index (χ1) is 20.4. The molecular weight excluding hydrogens is 550 g/mol. The number of benzene rings is 2. The van der Waals surface area contributed by atoms with Crippen LogP contribution in [0, 0.1) is 17.8 Å². The first kappa shape index (κ1) is 27.9. The average Bonchev–Trinajstić information content (AvgIpc) is 3.39. The molecule has 5 fully saturated rings. The molecule has 42 heavy (non-hydrogen) atoms. The lowest BCUT2D eigenvalue weighted by atomic mass is 9.53. The van der Waals surface area contributed by atoms with E-state index in [4.69, 9.17) is 9.47 Å². The number of nitrogens with one attached hydrogen (secondary N) is 2. The highest BCUT2D eigenvalue weighted by Gasteiger charge is 2.51. The fraction of sp³-hybridized carbons (Fsp3) is 0.531. The number of rotatable bonds is 8. The summed E-state index contributed by atoms with van der Waals surface area (Å²) in [6.45, 7) is 0.00938. The molecular formula is C32H39N5O4S. The minimum Gasteiger partial charge on any atom is -0.392 e. The van der Waals surface area contributed by atoms with E-state index in [2.05, 4.69) is 20.8 Å². The Morgan fingerprint density at radius 2 is 1.64 bits per heavy atom. The summed E-state index contributed by atoms with van der Waals surface area (Å²) in [6.07, 6.45) is 9.04. The van der Waals surface area contributed by atoms with Crippen LogP contribution < -0.4 is 10.6 Å². The molecule has 3 N–H and O–H groups in total. The van der Waals surface area contributed by atoms with E-state index in [9.17, 15) is 9.90 Å². The minimum atomic E-state index is -0.554. The number of amides is 2. The van der Waals surface area contributed by atoms with Crippen LogP contribution in [-0.4, -0.2) is 43.3 Å². The number of ether oxygens (including phenoxy) is 2. The normalized spacial score (nSPS) is 31.7. The van der Waals surface area contributed by atoms with Crippen LogP contribution in [0.4, 0.5) is 10.5 Å². The third-order valence-corrected chi connectivity index (χ3v) is 10.7. The van der Waals surface area contributed by atoms with Gasteiger partial charge in [0, 0.05) is 36.0 Å². The van der Waals surface area contributed by atoms with Crippen LogP contribution in [0.3, 0.4) is 0 Å². The van der Waals surface area contributed by atoms with Gasteiger partial charge in [0.2, 0.25) is 0 Å². The molecule has 1 aliphatic heterocycles. The minimum absolute atomic E-state index is 0.00938. The van der Waals surface area contributed by atoms with E-state index in [1.54, 1.807) is 18.1 Å². The maximum atomic E-state index is 13.1. The molecule has 9 nitrogen and oxygen atoms in total. The van der Waals surface area contributed by atoms with Crippen LogP contribution >= 0.6 is 11.8 Å². The van der Waals surface area contributed by atoms with Gasteiger partial charge in [-0.1, -0.05) is 48.2 Å². The molecule has 10 heteroatoms. The fourth-order valence-corrected chi connectivity index (χ4v) is 8.89. The monoisotopic (exact) mass is 589 g/mol. The van der Waals surface area contributed by atoms with Crippen LogP contribution in [-0.2, 0) is 23.1 Å². The van der Waals surface area contributed by atoms with E-state index in [1.807, 2.05) is 60.1 Å². The van der Waals surface area contributed by atoms with Gasteiger partial charge in [0.25, 0.3) is 0 Å². The SMILES string of the molecule is Cn1cnnc1SCC1CC(c2ccc(CO)cc2)OC(c2ccc(NC(=O)NC34CC5CC(CC(C5)C3)C4)cc2)O1. The highest BCUT2D eigenvalue weighted by atomic mass is 32.2. The zero-order valence-corrected chi connectivity index (χ0v) is 24.8. The zero-order valence-electron chi connectivity index (χ0n) is 23.9. The Kier molecular flexibility index (Phi) is 7.73. The van der Waals surface area contributed by atoms with Gasteiger partial charge >= 0.3 is 6.03 Å². The molecule has 4 aliphatic carbocycles. The predicted molar refractivity (Wildman–Crippen MR) is 160 cm³/mol. The number of thioether (sulfide) groups is 1. The number of carbonyl (C=O) groups excluding carboxylic acids is 1. The van der Waals surface area contributed by atoms with Gasteiger partial charge in [-0.15, -0.1) is 10.2 Å². The molecule has 3 unspecified atom stereocenters. The molecule has 0 spiro atoms. The van der Waals surface area contributed by atoms with Gasteiger partial charge in [0.15, 0.2) is 11.4 Å². The van der Waals surface area contributed by atoms with E-state index in [-0.39, 0.29) is 30.4 Å². The number of hydrogen-bond acceptors (Lipinski definition) is 7. The van der Waals surface area contributed by atoms with Crippen molar-refractivity contribution in [2.75, 3.05) is 11.1 Å². The topological polar surface area (TPSA) is 111 Å². The first-order valence-electron chi connectivity index (χ1n) is 15.1. The number of nitrogens with zero attached hydrogens (tertiary/aromatic N) is 3. The number of aromatic nitrogens is 3. The van der Waals surface area contributed by atoms with Crippen LogP contribution in [0.25, 0.3) is 0 Å². The number of urea groups is 1. The van der Waals surface area contributed by atoms with Gasteiger partial charge in [-0.25, -0.2) is 4.79 Å². The molecule has 0 radical (unpaired) electrons. The van der Waals surface area contributed by atoms with Gasteiger partial charge in [0.1, 0.15) is 6.33 Å². The lowest BCUT2D eigenvalue weighted by molar-refractivity contribution is -0.245. The van der Waals surface area contributed by atoms with Crippen molar-refractivity contribution < 1.29 is 19.4 Å². The lowest BCUT2D eigenvalue weighted by Crippen LogP contribution is -2.60. The van der Waals surface area contributed by atoms with Crippen LogP contribution in [0.2, 0.25) is 0 Å². The van der Waals surface area contributed by atoms with E-state index < -0.39 is 6.29 Å². The Hall–Kier alpha value is -2.92. The Morgan fingerprint density at radius 3 is 2.26 bits per heavy atom. The number of aliphatic hydroxyl groups is 1. The molecule has 2 aromatic carbocycles.